The summed E-state index contributed by atoms with van der Waals surface area (Å²) in [5, 5.41) is 3.24. The number of halogens is 1. The molecule has 0 bridgehead atoms. The van der Waals surface area contributed by atoms with Gasteiger partial charge in [0.05, 0.1) is 0 Å². The highest BCUT2D eigenvalue weighted by Crippen LogP contribution is 2.18. The molecule has 0 spiro atoms. The van der Waals surface area contributed by atoms with Crippen LogP contribution in [0.4, 0.5) is 4.39 Å². The predicted molar refractivity (Wildman–Crippen MR) is 80.9 cm³/mol. The molecule has 1 N–H and O–H groups in total. The van der Waals surface area contributed by atoms with Crippen LogP contribution in [0.3, 0.4) is 0 Å². The molecule has 0 radical (unpaired) electrons. The molecule has 0 fully saturated rings. The van der Waals surface area contributed by atoms with Crippen molar-refractivity contribution in [3.63, 3.8) is 0 Å². The molecular weight excluding hydrogens is 237 g/mol. The first kappa shape index (κ1) is 16.2. The summed E-state index contributed by atoms with van der Waals surface area (Å²) < 4.78 is 13.7. The molecule has 1 nitrogen and oxygen atoms in total. The maximum absolute atomic E-state index is 13.7. The largest absolute Gasteiger partial charge is 0.319 e. The zero-order valence-electron chi connectivity index (χ0n) is 12.4. The van der Waals surface area contributed by atoms with Crippen molar-refractivity contribution in [1.82, 2.24) is 5.32 Å². The van der Waals surface area contributed by atoms with Crippen LogP contribution in [-0.4, -0.2) is 13.6 Å². The zero-order valence-corrected chi connectivity index (χ0v) is 12.4. The van der Waals surface area contributed by atoms with Crippen LogP contribution in [0.1, 0.15) is 51.0 Å². The highest BCUT2D eigenvalue weighted by molar-refractivity contribution is 5.17. The van der Waals surface area contributed by atoms with Gasteiger partial charge < -0.3 is 5.32 Å². The van der Waals surface area contributed by atoms with E-state index in [1.807, 2.05) is 19.2 Å². The van der Waals surface area contributed by atoms with Crippen LogP contribution in [0.5, 0.6) is 0 Å². The number of nitrogens with one attached hydrogen (secondary N) is 1. The van der Waals surface area contributed by atoms with Crippen molar-refractivity contribution in [3.05, 3.63) is 35.6 Å². The second-order valence-electron chi connectivity index (χ2n) is 5.42. The molecule has 1 rings (SSSR count). The lowest BCUT2D eigenvalue weighted by Gasteiger charge is -2.17. The summed E-state index contributed by atoms with van der Waals surface area (Å²) in [6.07, 6.45) is 8.58. The maximum Gasteiger partial charge on any atom is 0.126 e. The molecule has 1 aromatic carbocycles. The summed E-state index contributed by atoms with van der Waals surface area (Å²) in [5.74, 6) is 0.484. The first-order valence-corrected chi connectivity index (χ1v) is 7.66. The SMILES string of the molecule is CCCCCCCC(CNC)Cc1ccccc1F. The van der Waals surface area contributed by atoms with Gasteiger partial charge in [-0.2, -0.15) is 0 Å². The second-order valence-corrected chi connectivity index (χ2v) is 5.42. The monoisotopic (exact) mass is 265 g/mol. The van der Waals surface area contributed by atoms with Crippen molar-refractivity contribution < 1.29 is 4.39 Å². The Morgan fingerprint density at radius 1 is 1.11 bits per heavy atom. The molecule has 0 saturated carbocycles. The van der Waals surface area contributed by atoms with Crippen LogP contribution in [0.2, 0.25) is 0 Å². The average Bonchev–Trinajstić information content (AvgIpc) is 2.41. The molecule has 108 valence electrons. The van der Waals surface area contributed by atoms with Gasteiger partial charge in [0.15, 0.2) is 0 Å². The minimum absolute atomic E-state index is 0.0606. The Hall–Kier alpha value is -0.890. The molecule has 1 aromatic rings. The first-order valence-electron chi connectivity index (χ1n) is 7.66. The van der Waals surface area contributed by atoms with E-state index in [2.05, 4.69) is 12.2 Å². The van der Waals surface area contributed by atoms with Gasteiger partial charge in [0.1, 0.15) is 5.82 Å². The van der Waals surface area contributed by atoms with Gasteiger partial charge in [-0.25, -0.2) is 4.39 Å². The number of rotatable bonds is 10. The van der Waals surface area contributed by atoms with Crippen LogP contribution in [0.15, 0.2) is 24.3 Å². The summed E-state index contributed by atoms with van der Waals surface area (Å²) in [6.45, 7) is 3.21. The number of unbranched alkanes of at least 4 members (excludes halogenated alkanes) is 4. The minimum atomic E-state index is -0.0606. The van der Waals surface area contributed by atoms with E-state index >= 15 is 0 Å². The topological polar surface area (TPSA) is 12.0 Å². The fourth-order valence-corrected chi connectivity index (χ4v) is 2.58. The third-order valence-electron chi connectivity index (χ3n) is 3.68. The van der Waals surface area contributed by atoms with Gasteiger partial charge in [-0.15, -0.1) is 0 Å². The summed E-state index contributed by atoms with van der Waals surface area (Å²) in [5.41, 5.74) is 0.858. The van der Waals surface area contributed by atoms with Crippen molar-refractivity contribution in [3.8, 4) is 0 Å². The highest BCUT2D eigenvalue weighted by Gasteiger charge is 2.11. The van der Waals surface area contributed by atoms with E-state index in [-0.39, 0.29) is 5.82 Å². The van der Waals surface area contributed by atoms with Crippen molar-refractivity contribution in [2.24, 2.45) is 5.92 Å². The van der Waals surface area contributed by atoms with E-state index in [1.54, 1.807) is 12.1 Å². The van der Waals surface area contributed by atoms with E-state index < -0.39 is 0 Å². The summed E-state index contributed by atoms with van der Waals surface area (Å²) >= 11 is 0. The van der Waals surface area contributed by atoms with Crippen LogP contribution < -0.4 is 5.32 Å². The molecule has 0 heterocycles. The van der Waals surface area contributed by atoms with Gasteiger partial charge in [0.25, 0.3) is 0 Å². The van der Waals surface area contributed by atoms with E-state index in [0.29, 0.717) is 5.92 Å². The highest BCUT2D eigenvalue weighted by atomic mass is 19.1. The summed E-state index contributed by atoms with van der Waals surface area (Å²) in [6, 6.07) is 7.16. The molecule has 1 atom stereocenters. The molecule has 0 saturated heterocycles. The Balaban J connectivity index is 2.37. The molecule has 0 aromatic heterocycles. The Bertz CT molecular complexity index is 338. The standard InChI is InChI=1S/C17H28FN/c1-3-4-5-6-7-10-15(14-19-2)13-16-11-8-9-12-17(16)18/h8-9,11-12,15,19H,3-7,10,13-14H2,1-2H3. The van der Waals surface area contributed by atoms with Crippen LogP contribution >= 0.6 is 0 Å². The van der Waals surface area contributed by atoms with Crippen molar-refractivity contribution in [1.29, 1.82) is 0 Å². The Labute approximate surface area is 117 Å². The molecule has 0 aliphatic heterocycles. The first-order chi connectivity index (χ1) is 9.27. The van der Waals surface area contributed by atoms with Crippen molar-refractivity contribution in [2.45, 2.75) is 51.9 Å². The lowest BCUT2D eigenvalue weighted by molar-refractivity contribution is 0.426. The lowest BCUT2D eigenvalue weighted by atomic mass is 9.93. The summed E-state index contributed by atoms with van der Waals surface area (Å²) in [4.78, 5) is 0. The quantitative estimate of drug-likeness (QED) is 0.611. The fraction of sp³-hybridized carbons (Fsp3) is 0.647. The van der Waals surface area contributed by atoms with Gasteiger partial charge in [0.2, 0.25) is 0 Å². The third kappa shape index (κ3) is 6.72. The molecule has 19 heavy (non-hydrogen) atoms. The summed E-state index contributed by atoms with van der Waals surface area (Å²) in [7, 11) is 1.98. The lowest BCUT2D eigenvalue weighted by Crippen LogP contribution is -2.21. The number of hydrogen-bond acceptors (Lipinski definition) is 1. The van der Waals surface area contributed by atoms with Gasteiger partial charge in [-0.1, -0.05) is 57.2 Å². The van der Waals surface area contributed by atoms with Gasteiger partial charge in [0, 0.05) is 0 Å². The molecule has 2 heteroatoms. The molecular formula is C17H28FN. The van der Waals surface area contributed by atoms with Gasteiger partial charge >= 0.3 is 0 Å². The second kappa shape index (κ2) is 9.96. The molecule has 0 aliphatic rings. The molecule has 0 aliphatic carbocycles. The fourth-order valence-electron chi connectivity index (χ4n) is 2.58. The van der Waals surface area contributed by atoms with Gasteiger partial charge in [-0.3, -0.25) is 0 Å². The zero-order chi connectivity index (χ0) is 13.9. The molecule has 1 unspecified atom stereocenters. The minimum Gasteiger partial charge on any atom is -0.319 e. The van der Waals surface area contributed by atoms with Crippen molar-refractivity contribution in [2.75, 3.05) is 13.6 Å². The number of hydrogen-bond donors (Lipinski definition) is 1. The van der Waals surface area contributed by atoms with Crippen LogP contribution in [-0.2, 0) is 6.42 Å². The average molecular weight is 265 g/mol. The Morgan fingerprint density at radius 2 is 1.84 bits per heavy atom. The Kier molecular flexibility index (Phi) is 8.48. The van der Waals surface area contributed by atoms with Crippen LogP contribution in [0, 0.1) is 11.7 Å². The third-order valence-corrected chi connectivity index (χ3v) is 3.68. The molecule has 0 amide bonds. The van der Waals surface area contributed by atoms with E-state index in [4.69, 9.17) is 0 Å². The van der Waals surface area contributed by atoms with E-state index in [1.165, 1.54) is 38.5 Å². The maximum atomic E-state index is 13.7. The van der Waals surface area contributed by atoms with Crippen molar-refractivity contribution >= 4 is 0 Å². The van der Waals surface area contributed by atoms with E-state index in [0.717, 1.165) is 18.5 Å². The van der Waals surface area contributed by atoms with E-state index in [9.17, 15) is 4.39 Å². The smallest absolute Gasteiger partial charge is 0.126 e. The van der Waals surface area contributed by atoms with Gasteiger partial charge in [-0.05, 0) is 44.0 Å². The predicted octanol–water partition coefficient (Wildman–Crippen LogP) is 4.56. The van der Waals surface area contributed by atoms with Crippen LogP contribution in [0.25, 0.3) is 0 Å². The Morgan fingerprint density at radius 3 is 2.53 bits per heavy atom. The normalized spacial score (nSPS) is 12.6. The number of benzene rings is 1.